The maximum atomic E-state index is 12.4. The third-order valence-corrected chi connectivity index (χ3v) is 5.32. The van der Waals surface area contributed by atoms with Crippen molar-refractivity contribution in [3.05, 3.63) is 59.7 Å². The van der Waals surface area contributed by atoms with Gasteiger partial charge in [-0.15, -0.1) is 0 Å². The standard InChI is InChI=1S/C24H30N2O4/c1-3-19-7-5-9-21(15-19)29-17-23(27)25-11-13-26(14-12-25)24(28)18-30-22-10-6-8-20(4-2)16-22/h5-10,15-16H,3-4,11-14,17-18H2,1-2H3. The van der Waals surface area contributed by atoms with Crippen molar-refractivity contribution in [3.8, 4) is 11.5 Å². The van der Waals surface area contributed by atoms with Crippen molar-refractivity contribution in [2.24, 2.45) is 0 Å². The molecule has 6 nitrogen and oxygen atoms in total. The van der Waals surface area contributed by atoms with E-state index in [4.69, 9.17) is 9.47 Å². The summed E-state index contributed by atoms with van der Waals surface area (Å²) >= 11 is 0. The number of benzene rings is 2. The molecule has 1 saturated heterocycles. The van der Waals surface area contributed by atoms with Crippen LogP contribution in [0.1, 0.15) is 25.0 Å². The molecule has 2 aromatic rings. The minimum Gasteiger partial charge on any atom is -0.484 e. The Hall–Kier alpha value is -3.02. The molecule has 0 atom stereocenters. The topological polar surface area (TPSA) is 59.1 Å². The summed E-state index contributed by atoms with van der Waals surface area (Å²) in [6.07, 6.45) is 1.85. The summed E-state index contributed by atoms with van der Waals surface area (Å²) in [6, 6.07) is 15.6. The molecule has 1 heterocycles. The first-order valence-corrected chi connectivity index (χ1v) is 10.6. The minimum absolute atomic E-state index is 0.0119. The maximum absolute atomic E-state index is 12.4. The molecule has 1 aliphatic rings. The lowest BCUT2D eigenvalue weighted by molar-refractivity contribution is -0.141. The van der Waals surface area contributed by atoms with Crippen LogP contribution >= 0.6 is 0 Å². The zero-order valence-corrected chi connectivity index (χ0v) is 17.8. The Morgan fingerprint density at radius 3 is 1.50 bits per heavy atom. The minimum atomic E-state index is -0.0587. The van der Waals surface area contributed by atoms with Crippen LogP contribution in [0.15, 0.2) is 48.5 Å². The second kappa shape index (κ2) is 10.7. The van der Waals surface area contributed by atoms with Gasteiger partial charge in [0.15, 0.2) is 13.2 Å². The molecule has 0 spiro atoms. The highest BCUT2D eigenvalue weighted by Gasteiger charge is 2.24. The number of hydrogen-bond acceptors (Lipinski definition) is 4. The molecule has 6 heteroatoms. The van der Waals surface area contributed by atoms with Gasteiger partial charge in [0.1, 0.15) is 11.5 Å². The van der Waals surface area contributed by atoms with Crippen molar-refractivity contribution in [1.29, 1.82) is 0 Å². The number of nitrogens with zero attached hydrogens (tertiary/aromatic N) is 2. The molecule has 2 aromatic carbocycles. The van der Waals surface area contributed by atoms with E-state index in [9.17, 15) is 9.59 Å². The summed E-state index contributed by atoms with van der Waals surface area (Å²) in [5, 5.41) is 0. The summed E-state index contributed by atoms with van der Waals surface area (Å²) in [4.78, 5) is 28.4. The average molecular weight is 411 g/mol. The highest BCUT2D eigenvalue weighted by Crippen LogP contribution is 2.15. The summed E-state index contributed by atoms with van der Waals surface area (Å²) in [6.45, 7) is 6.22. The fourth-order valence-electron chi connectivity index (χ4n) is 3.39. The highest BCUT2D eigenvalue weighted by molar-refractivity contribution is 5.80. The molecule has 0 bridgehead atoms. The summed E-state index contributed by atoms with van der Waals surface area (Å²) < 4.78 is 11.3. The Balaban J connectivity index is 1.41. The molecular formula is C24H30N2O4. The van der Waals surface area contributed by atoms with E-state index in [1.165, 1.54) is 11.1 Å². The number of amides is 2. The first kappa shape index (κ1) is 21.7. The van der Waals surface area contributed by atoms with E-state index in [0.29, 0.717) is 37.7 Å². The maximum Gasteiger partial charge on any atom is 0.260 e. The van der Waals surface area contributed by atoms with Crippen molar-refractivity contribution in [2.75, 3.05) is 39.4 Å². The summed E-state index contributed by atoms with van der Waals surface area (Å²) in [7, 11) is 0. The van der Waals surface area contributed by atoms with E-state index in [2.05, 4.69) is 13.8 Å². The van der Waals surface area contributed by atoms with Crippen LogP contribution in [0.25, 0.3) is 0 Å². The fourth-order valence-corrected chi connectivity index (χ4v) is 3.39. The predicted octanol–water partition coefficient (Wildman–Crippen LogP) is 2.94. The van der Waals surface area contributed by atoms with Crippen LogP contribution in [-0.4, -0.2) is 61.0 Å². The zero-order chi connectivity index (χ0) is 21.3. The quantitative estimate of drug-likeness (QED) is 0.671. The molecule has 0 radical (unpaired) electrons. The van der Waals surface area contributed by atoms with Gasteiger partial charge in [-0.25, -0.2) is 0 Å². The van der Waals surface area contributed by atoms with Gasteiger partial charge >= 0.3 is 0 Å². The van der Waals surface area contributed by atoms with Crippen LogP contribution in [-0.2, 0) is 22.4 Å². The monoisotopic (exact) mass is 410 g/mol. The number of carbonyl (C=O) groups excluding carboxylic acids is 2. The number of piperazine rings is 1. The van der Waals surface area contributed by atoms with E-state index in [-0.39, 0.29) is 25.0 Å². The molecule has 2 amide bonds. The van der Waals surface area contributed by atoms with Gasteiger partial charge in [0, 0.05) is 26.2 Å². The molecule has 1 aliphatic heterocycles. The SMILES string of the molecule is CCc1cccc(OCC(=O)N2CCN(C(=O)COc3cccc(CC)c3)CC2)c1. The Morgan fingerprint density at radius 2 is 1.13 bits per heavy atom. The second-order valence-electron chi connectivity index (χ2n) is 7.34. The largest absolute Gasteiger partial charge is 0.484 e. The Bertz CT molecular complexity index is 788. The van der Waals surface area contributed by atoms with Gasteiger partial charge in [-0.3, -0.25) is 9.59 Å². The first-order chi connectivity index (χ1) is 14.6. The highest BCUT2D eigenvalue weighted by atomic mass is 16.5. The van der Waals surface area contributed by atoms with E-state index in [0.717, 1.165) is 12.8 Å². The lowest BCUT2D eigenvalue weighted by Crippen LogP contribution is -2.52. The molecule has 30 heavy (non-hydrogen) atoms. The van der Waals surface area contributed by atoms with E-state index in [1.54, 1.807) is 9.80 Å². The smallest absolute Gasteiger partial charge is 0.260 e. The van der Waals surface area contributed by atoms with Gasteiger partial charge < -0.3 is 19.3 Å². The molecule has 3 rings (SSSR count). The molecule has 0 unspecified atom stereocenters. The number of hydrogen-bond donors (Lipinski definition) is 0. The molecule has 160 valence electrons. The lowest BCUT2D eigenvalue weighted by atomic mass is 10.2. The van der Waals surface area contributed by atoms with Crippen LogP contribution in [0.2, 0.25) is 0 Å². The van der Waals surface area contributed by atoms with Gasteiger partial charge in [-0.1, -0.05) is 38.1 Å². The van der Waals surface area contributed by atoms with Gasteiger partial charge in [0.25, 0.3) is 11.8 Å². The van der Waals surface area contributed by atoms with Gasteiger partial charge in [0.2, 0.25) is 0 Å². The van der Waals surface area contributed by atoms with Crippen molar-refractivity contribution >= 4 is 11.8 Å². The summed E-state index contributed by atoms with van der Waals surface area (Å²) in [5.74, 6) is 1.30. The normalized spacial score (nSPS) is 13.8. The zero-order valence-electron chi connectivity index (χ0n) is 17.8. The Labute approximate surface area is 178 Å². The number of ether oxygens (including phenoxy) is 2. The molecule has 0 saturated carbocycles. The molecule has 0 aliphatic carbocycles. The lowest BCUT2D eigenvalue weighted by Gasteiger charge is -2.34. The fraction of sp³-hybridized carbons (Fsp3) is 0.417. The molecule has 0 aromatic heterocycles. The third kappa shape index (κ3) is 5.99. The van der Waals surface area contributed by atoms with Crippen molar-refractivity contribution in [2.45, 2.75) is 26.7 Å². The van der Waals surface area contributed by atoms with Crippen molar-refractivity contribution in [1.82, 2.24) is 9.80 Å². The summed E-state index contributed by atoms with van der Waals surface area (Å²) in [5.41, 5.74) is 2.35. The van der Waals surface area contributed by atoms with Crippen LogP contribution in [0.4, 0.5) is 0 Å². The third-order valence-electron chi connectivity index (χ3n) is 5.32. The number of rotatable bonds is 8. The number of aryl methyl sites for hydroxylation is 2. The Morgan fingerprint density at radius 1 is 0.733 bits per heavy atom. The van der Waals surface area contributed by atoms with Crippen LogP contribution < -0.4 is 9.47 Å². The average Bonchev–Trinajstić information content (AvgIpc) is 2.81. The number of carbonyl (C=O) groups is 2. The predicted molar refractivity (Wildman–Crippen MR) is 116 cm³/mol. The van der Waals surface area contributed by atoms with E-state index >= 15 is 0 Å². The van der Waals surface area contributed by atoms with Crippen LogP contribution in [0.3, 0.4) is 0 Å². The van der Waals surface area contributed by atoms with Crippen LogP contribution in [0, 0.1) is 0 Å². The molecular weight excluding hydrogens is 380 g/mol. The van der Waals surface area contributed by atoms with E-state index < -0.39 is 0 Å². The second-order valence-corrected chi connectivity index (χ2v) is 7.34. The molecule has 0 N–H and O–H groups in total. The first-order valence-electron chi connectivity index (χ1n) is 10.6. The van der Waals surface area contributed by atoms with Gasteiger partial charge in [0.05, 0.1) is 0 Å². The molecule has 1 fully saturated rings. The van der Waals surface area contributed by atoms with Crippen molar-refractivity contribution in [3.63, 3.8) is 0 Å². The Kier molecular flexibility index (Phi) is 7.71. The van der Waals surface area contributed by atoms with Gasteiger partial charge in [-0.2, -0.15) is 0 Å². The van der Waals surface area contributed by atoms with Gasteiger partial charge in [-0.05, 0) is 48.2 Å². The van der Waals surface area contributed by atoms with Crippen LogP contribution in [0.5, 0.6) is 11.5 Å². The van der Waals surface area contributed by atoms with Crippen molar-refractivity contribution < 1.29 is 19.1 Å². The van der Waals surface area contributed by atoms with E-state index in [1.807, 2.05) is 48.5 Å².